The lowest BCUT2D eigenvalue weighted by molar-refractivity contribution is -0.132. The maximum atomic E-state index is 12.2. The van der Waals surface area contributed by atoms with Crippen LogP contribution in [0.5, 0.6) is 5.75 Å². The van der Waals surface area contributed by atoms with Crippen LogP contribution < -0.4 is 10.3 Å². The summed E-state index contributed by atoms with van der Waals surface area (Å²) in [5, 5.41) is 0.527. The van der Waals surface area contributed by atoms with Crippen molar-refractivity contribution in [2.75, 3.05) is 13.7 Å². The first-order valence-corrected chi connectivity index (χ1v) is 8.42. The van der Waals surface area contributed by atoms with Gasteiger partial charge in [-0.05, 0) is 36.4 Å². The van der Waals surface area contributed by atoms with Crippen molar-refractivity contribution in [3.8, 4) is 5.75 Å². The number of ether oxygens (including phenoxy) is 1. The molecule has 25 heavy (non-hydrogen) atoms. The van der Waals surface area contributed by atoms with E-state index >= 15 is 0 Å². The van der Waals surface area contributed by atoms with E-state index in [-0.39, 0.29) is 24.6 Å². The number of halogens is 1. The highest BCUT2D eigenvalue weighted by Crippen LogP contribution is 2.16. The van der Waals surface area contributed by atoms with Gasteiger partial charge in [-0.3, -0.25) is 9.59 Å². The predicted octanol–water partition coefficient (Wildman–Crippen LogP) is 2.72. The molecule has 1 N–H and O–H groups in total. The number of fused-ring (bicyclic) bond motifs is 1. The number of nitrogens with zero attached hydrogens (tertiary/aromatic N) is 2. The molecule has 1 heterocycles. The molecule has 0 aliphatic heterocycles. The minimum atomic E-state index is -0.215. The Morgan fingerprint density at radius 1 is 1.20 bits per heavy atom. The van der Waals surface area contributed by atoms with Crippen LogP contribution in [0.15, 0.2) is 57.8 Å². The third-order valence-corrected chi connectivity index (χ3v) is 4.18. The molecule has 3 aromatic rings. The second-order valence-electron chi connectivity index (χ2n) is 5.52. The van der Waals surface area contributed by atoms with Gasteiger partial charge in [-0.2, -0.15) is 0 Å². The summed E-state index contributed by atoms with van der Waals surface area (Å²) in [5.41, 5.74) is 0.390. The van der Waals surface area contributed by atoms with Crippen molar-refractivity contribution in [3.05, 3.63) is 69.2 Å². The standard InChI is InChI=1S/C18H16BrN3O3/c1-22(17(23)11-25-13-8-6-12(19)7-9-13)10-16-20-15-5-3-2-4-14(15)18(24)21-16/h2-9H,10-11H2,1H3,(H,20,21,24). The summed E-state index contributed by atoms with van der Waals surface area (Å²) in [7, 11) is 1.64. The molecule has 1 aromatic heterocycles. The van der Waals surface area contributed by atoms with Gasteiger partial charge in [0.15, 0.2) is 6.61 Å². The number of carbonyl (C=O) groups excluding carboxylic acids is 1. The van der Waals surface area contributed by atoms with E-state index in [2.05, 4.69) is 25.9 Å². The number of hydrogen-bond acceptors (Lipinski definition) is 4. The van der Waals surface area contributed by atoms with Crippen LogP contribution in [0.3, 0.4) is 0 Å². The Morgan fingerprint density at radius 3 is 2.68 bits per heavy atom. The molecular formula is C18H16BrN3O3. The highest BCUT2D eigenvalue weighted by Gasteiger charge is 2.12. The average Bonchev–Trinajstić information content (AvgIpc) is 2.61. The van der Waals surface area contributed by atoms with Crippen LogP contribution in [-0.2, 0) is 11.3 Å². The molecule has 2 aromatic carbocycles. The molecule has 0 saturated heterocycles. The molecule has 0 unspecified atom stereocenters. The van der Waals surface area contributed by atoms with Crippen LogP contribution in [0.2, 0.25) is 0 Å². The minimum Gasteiger partial charge on any atom is -0.484 e. The number of amides is 1. The fourth-order valence-corrected chi connectivity index (χ4v) is 2.57. The van der Waals surface area contributed by atoms with Crippen LogP contribution in [0, 0.1) is 0 Å². The van der Waals surface area contributed by atoms with Gasteiger partial charge in [-0.25, -0.2) is 4.98 Å². The first kappa shape index (κ1) is 17.2. The molecule has 0 atom stereocenters. The maximum absolute atomic E-state index is 12.2. The van der Waals surface area contributed by atoms with Gasteiger partial charge >= 0.3 is 0 Å². The normalized spacial score (nSPS) is 10.6. The number of hydrogen-bond donors (Lipinski definition) is 1. The topological polar surface area (TPSA) is 75.3 Å². The molecule has 0 radical (unpaired) electrons. The number of rotatable bonds is 5. The molecule has 0 spiro atoms. The van der Waals surface area contributed by atoms with Gasteiger partial charge in [-0.15, -0.1) is 0 Å². The molecule has 1 amide bonds. The third kappa shape index (κ3) is 4.24. The Morgan fingerprint density at radius 2 is 1.92 bits per heavy atom. The molecule has 0 fully saturated rings. The quantitative estimate of drug-likeness (QED) is 0.712. The van der Waals surface area contributed by atoms with Gasteiger partial charge in [0.05, 0.1) is 17.4 Å². The lowest BCUT2D eigenvalue weighted by Crippen LogP contribution is -2.32. The smallest absolute Gasteiger partial charge is 0.260 e. The van der Waals surface area contributed by atoms with Crippen LogP contribution in [0.25, 0.3) is 10.9 Å². The Kier molecular flexibility index (Phi) is 5.14. The molecule has 7 heteroatoms. The summed E-state index contributed by atoms with van der Waals surface area (Å²) >= 11 is 3.34. The van der Waals surface area contributed by atoms with Crippen molar-refractivity contribution in [2.24, 2.45) is 0 Å². The zero-order valence-corrected chi connectivity index (χ0v) is 15.1. The van der Waals surface area contributed by atoms with Crippen molar-refractivity contribution in [1.29, 1.82) is 0 Å². The predicted molar refractivity (Wildman–Crippen MR) is 98.5 cm³/mol. The van der Waals surface area contributed by atoms with Gasteiger partial charge in [0.25, 0.3) is 11.5 Å². The second-order valence-corrected chi connectivity index (χ2v) is 6.44. The van der Waals surface area contributed by atoms with Gasteiger partial charge in [0.2, 0.25) is 0 Å². The van der Waals surface area contributed by atoms with Crippen molar-refractivity contribution >= 4 is 32.7 Å². The Balaban J connectivity index is 1.65. The Hall–Kier alpha value is -2.67. The zero-order valence-electron chi connectivity index (χ0n) is 13.5. The third-order valence-electron chi connectivity index (χ3n) is 3.65. The van der Waals surface area contributed by atoms with Crippen LogP contribution >= 0.6 is 15.9 Å². The zero-order chi connectivity index (χ0) is 17.8. The van der Waals surface area contributed by atoms with E-state index in [1.54, 1.807) is 37.4 Å². The van der Waals surface area contributed by atoms with E-state index in [4.69, 9.17) is 4.74 Å². The second kappa shape index (κ2) is 7.48. The van der Waals surface area contributed by atoms with Crippen molar-refractivity contribution in [3.63, 3.8) is 0 Å². The van der Waals surface area contributed by atoms with Crippen LogP contribution in [0.1, 0.15) is 5.82 Å². The van der Waals surface area contributed by atoms with E-state index in [1.807, 2.05) is 18.2 Å². The van der Waals surface area contributed by atoms with E-state index < -0.39 is 0 Å². The van der Waals surface area contributed by atoms with E-state index in [9.17, 15) is 9.59 Å². The molecule has 0 bridgehead atoms. The largest absolute Gasteiger partial charge is 0.484 e. The summed E-state index contributed by atoms with van der Waals surface area (Å²) in [6.45, 7) is 0.110. The summed E-state index contributed by atoms with van der Waals surface area (Å²) in [6.07, 6.45) is 0. The van der Waals surface area contributed by atoms with E-state index in [1.165, 1.54) is 4.90 Å². The molecule has 3 rings (SSSR count). The lowest BCUT2D eigenvalue weighted by atomic mass is 10.2. The number of aromatic amines is 1. The molecular weight excluding hydrogens is 386 g/mol. The number of carbonyl (C=O) groups is 1. The number of likely N-dealkylation sites (N-methyl/N-ethyl adjacent to an activating group) is 1. The minimum absolute atomic E-state index is 0.0874. The number of H-pyrrole nitrogens is 1. The Labute approximate surface area is 152 Å². The SMILES string of the molecule is CN(Cc1nc2ccccc2c(=O)[nH]1)C(=O)COc1ccc(Br)cc1. The fourth-order valence-electron chi connectivity index (χ4n) is 2.31. The first-order valence-electron chi connectivity index (χ1n) is 7.63. The Bertz CT molecular complexity index is 954. The molecule has 0 saturated carbocycles. The maximum Gasteiger partial charge on any atom is 0.260 e. The monoisotopic (exact) mass is 401 g/mol. The summed E-state index contributed by atoms with van der Waals surface area (Å²) in [6, 6.07) is 14.3. The van der Waals surface area contributed by atoms with Gasteiger partial charge in [0.1, 0.15) is 11.6 Å². The summed E-state index contributed by atoms with van der Waals surface area (Å²) < 4.78 is 6.41. The fraction of sp³-hybridized carbons (Fsp3) is 0.167. The van der Waals surface area contributed by atoms with Crippen molar-refractivity contribution in [1.82, 2.24) is 14.9 Å². The number of para-hydroxylation sites is 1. The van der Waals surface area contributed by atoms with Crippen LogP contribution in [-0.4, -0.2) is 34.4 Å². The number of aromatic nitrogens is 2. The van der Waals surface area contributed by atoms with E-state index in [0.717, 1.165) is 4.47 Å². The average molecular weight is 402 g/mol. The van der Waals surface area contributed by atoms with Crippen molar-refractivity contribution in [2.45, 2.75) is 6.54 Å². The lowest BCUT2D eigenvalue weighted by Gasteiger charge is -2.17. The molecule has 128 valence electrons. The van der Waals surface area contributed by atoms with Gasteiger partial charge in [0, 0.05) is 11.5 Å². The van der Waals surface area contributed by atoms with Gasteiger partial charge < -0.3 is 14.6 Å². The van der Waals surface area contributed by atoms with Crippen LogP contribution in [0.4, 0.5) is 0 Å². The molecule has 0 aliphatic carbocycles. The molecule has 6 nitrogen and oxygen atoms in total. The highest BCUT2D eigenvalue weighted by atomic mass is 79.9. The number of nitrogens with one attached hydrogen (secondary N) is 1. The highest BCUT2D eigenvalue weighted by molar-refractivity contribution is 9.10. The molecule has 0 aliphatic rings. The first-order chi connectivity index (χ1) is 12.0. The summed E-state index contributed by atoms with van der Waals surface area (Å²) in [5.74, 6) is 0.837. The van der Waals surface area contributed by atoms with E-state index in [0.29, 0.717) is 22.5 Å². The summed E-state index contributed by atoms with van der Waals surface area (Å²) in [4.78, 5) is 32.8. The van der Waals surface area contributed by atoms with Crippen molar-refractivity contribution < 1.29 is 9.53 Å². The number of benzene rings is 2. The van der Waals surface area contributed by atoms with Gasteiger partial charge in [-0.1, -0.05) is 28.1 Å².